The highest BCUT2D eigenvalue weighted by atomic mass is 16.5. The largest absolute Gasteiger partial charge is 0.375 e. The first-order valence-electron chi connectivity index (χ1n) is 8.32. The van der Waals surface area contributed by atoms with Crippen molar-refractivity contribution in [1.29, 1.82) is 0 Å². The highest BCUT2D eigenvalue weighted by molar-refractivity contribution is 5.49. The summed E-state index contributed by atoms with van der Waals surface area (Å²) < 4.78 is 6.02. The molecule has 0 heterocycles. The minimum Gasteiger partial charge on any atom is -0.375 e. The lowest BCUT2D eigenvalue weighted by molar-refractivity contribution is 0.0124. The van der Waals surface area contributed by atoms with Crippen molar-refractivity contribution in [3.05, 3.63) is 83.9 Å². The van der Waals surface area contributed by atoms with Gasteiger partial charge in [-0.3, -0.25) is 0 Å². The van der Waals surface area contributed by atoms with Crippen LogP contribution >= 0.6 is 0 Å². The van der Waals surface area contributed by atoms with E-state index in [1.807, 2.05) is 12.1 Å². The fraction of sp³-hybridized carbons (Fsp3) is 0.273. The predicted molar refractivity (Wildman–Crippen MR) is 100 cm³/mol. The number of benzene rings is 2. The van der Waals surface area contributed by atoms with Gasteiger partial charge in [-0.15, -0.1) is 0 Å². The molecule has 1 nitrogen and oxygen atoms in total. The zero-order chi connectivity index (χ0) is 16.3. The van der Waals surface area contributed by atoms with Gasteiger partial charge in [0.15, 0.2) is 0 Å². The molecule has 0 spiro atoms. The maximum Gasteiger partial charge on any atom is 0.0585 e. The standard InChI is InChI=1S/C22H26O/c1-19(11-9-17-21-13-5-3-6-14-21)23-20(2)12-10-18-22-15-7-4-8-16-22/h3-10,13-20H,11-12H2,1-2H3. The molecule has 0 amide bonds. The Morgan fingerprint density at radius 2 is 1.09 bits per heavy atom. The van der Waals surface area contributed by atoms with Gasteiger partial charge in [0, 0.05) is 0 Å². The van der Waals surface area contributed by atoms with Crippen LogP contribution in [-0.4, -0.2) is 12.2 Å². The molecule has 0 aliphatic heterocycles. The van der Waals surface area contributed by atoms with Crippen LogP contribution in [0.4, 0.5) is 0 Å². The summed E-state index contributed by atoms with van der Waals surface area (Å²) in [4.78, 5) is 0. The van der Waals surface area contributed by atoms with E-state index >= 15 is 0 Å². The second kappa shape index (κ2) is 9.81. The Hall–Kier alpha value is -2.12. The summed E-state index contributed by atoms with van der Waals surface area (Å²) in [6.07, 6.45) is 11.0. The molecule has 120 valence electrons. The van der Waals surface area contributed by atoms with Crippen molar-refractivity contribution in [1.82, 2.24) is 0 Å². The number of ether oxygens (including phenoxy) is 1. The van der Waals surface area contributed by atoms with Gasteiger partial charge in [0.1, 0.15) is 0 Å². The molecule has 0 radical (unpaired) electrons. The Labute approximate surface area is 140 Å². The van der Waals surface area contributed by atoms with Crippen molar-refractivity contribution in [2.75, 3.05) is 0 Å². The molecular formula is C22H26O. The van der Waals surface area contributed by atoms with E-state index in [2.05, 4.69) is 86.7 Å². The lowest BCUT2D eigenvalue weighted by atomic mass is 10.1. The number of hydrogen-bond donors (Lipinski definition) is 0. The molecule has 2 atom stereocenters. The fourth-order valence-corrected chi connectivity index (χ4v) is 2.43. The number of rotatable bonds is 8. The molecule has 2 aromatic carbocycles. The first kappa shape index (κ1) is 17.2. The molecule has 0 N–H and O–H groups in total. The first-order valence-corrected chi connectivity index (χ1v) is 8.32. The van der Waals surface area contributed by atoms with Crippen LogP contribution in [0.15, 0.2) is 72.8 Å². The van der Waals surface area contributed by atoms with Crippen LogP contribution in [0, 0.1) is 0 Å². The van der Waals surface area contributed by atoms with Crippen molar-refractivity contribution in [3.8, 4) is 0 Å². The lowest BCUT2D eigenvalue weighted by Gasteiger charge is -2.16. The van der Waals surface area contributed by atoms with Gasteiger partial charge in [-0.1, -0.05) is 85.0 Å². The summed E-state index contributed by atoms with van der Waals surface area (Å²) in [6.45, 7) is 4.26. The van der Waals surface area contributed by atoms with Gasteiger partial charge in [-0.25, -0.2) is 0 Å². The second-order valence-electron chi connectivity index (χ2n) is 5.85. The molecule has 0 bridgehead atoms. The van der Waals surface area contributed by atoms with Crippen molar-refractivity contribution >= 4 is 12.2 Å². The SMILES string of the molecule is CC(CC=Cc1ccccc1)OC(C)CC=Cc1ccccc1. The normalized spacial score (nSPS) is 14.3. The van der Waals surface area contributed by atoms with Crippen LogP contribution in [0.2, 0.25) is 0 Å². The lowest BCUT2D eigenvalue weighted by Crippen LogP contribution is -2.15. The summed E-state index contributed by atoms with van der Waals surface area (Å²) in [5.74, 6) is 0. The zero-order valence-electron chi connectivity index (χ0n) is 14.1. The number of hydrogen-bond acceptors (Lipinski definition) is 1. The van der Waals surface area contributed by atoms with E-state index in [0.29, 0.717) is 0 Å². The van der Waals surface area contributed by atoms with Crippen molar-refractivity contribution in [2.24, 2.45) is 0 Å². The summed E-state index contributed by atoms with van der Waals surface area (Å²) in [6, 6.07) is 20.7. The average Bonchev–Trinajstić information content (AvgIpc) is 2.57. The molecule has 0 aromatic heterocycles. The van der Waals surface area contributed by atoms with Crippen molar-refractivity contribution in [2.45, 2.75) is 38.9 Å². The molecule has 0 saturated carbocycles. The van der Waals surface area contributed by atoms with E-state index in [-0.39, 0.29) is 12.2 Å². The highest BCUT2D eigenvalue weighted by Crippen LogP contribution is 2.10. The average molecular weight is 306 g/mol. The van der Waals surface area contributed by atoms with Crippen LogP contribution in [0.1, 0.15) is 37.8 Å². The highest BCUT2D eigenvalue weighted by Gasteiger charge is 2.05. The van der Waals surface area contributed by atoms with Crippen LogP contribution in [0.5, 0.6) is 0 Å². The van der Waals surface area contributed by atoms with E-state index in [4.69, 9.17) is 4.74 Å². The van der Waals surface area contributed by atoms with Gasteiger partial charge in [0.05, 0.1) is 12.2 Å². The maximum absolute atomic E-state index is 6.02. The molecule has 2 aromatic rings. The first-order chi connectivity index (χ1) is 11.2. The minimum atomic E-state index is 0.232. The fourth-order valence-electron chi connectivity index (χ4n) is 2.43. The zero-order valence-corrected chi connectivity index (χ0v) is 14.1. The summed E-state index contributed by atoms with van der Waals surface area (Å²) in [7, 11) is 0. The van der Waals surface area contributed by atoms with Crippen LogP contribution in [0.25, 0.3) is 12.2 Å². The molecule has 23 heavy (non-hydrogen) atoms. The smallest absolute Gasteiger partial charge is 0.0585 e. The quantitative estimate of drug-likeness (QED) is 0.582. The van der Waals surface area contributed by atoms with Gasteiger partial charge < -0.3 is 4.74 Å². The van der Waals surface area contributed by atoms with E-state index < -0.39 is 0 Å². The third-order valence-corrected chi connectivity index (χ3v) is 3.62. The molecule has 0 saturated heterocycles. The molecule has 0 aliphatic carbocycles. The summed E-state index contributed by atoms with van der Waals surface area (Å²) >= 11 is 0. The van der Waals surface area contributed by atoms with E-state index in [9.17, 15) is 0 Å². The topological polar surface area (TPSA) is 9.23 Å². The molecule has 2 rings (SSSR count). The molecular weight excluding hydrogens is 280 g/mol. The van der Waals surface area contributed by atoms with E-state index in [1.165, 1.54) is 11.1 Å². The predicted octanol–water partition coefficient (Wildman–Crippen LogP) is 5.99. The Morgan fingerprint density at radius 1 is 0.696 bits per heavy atom. The van der Waals surface area contributed by atoms with Crippen LogP contribution in [0.3, 0.4) is 0 Å². The summed E-state index contributed by atoms with van der Waals surface area (Å²) in [5.41, 5.74) is 2.47. The van der Waals surface area contributed by atoms with Gasteiger partial charge in [-0.2, -0.15) is 0 Å². The third-order valence-electron chi connectivity index (χ3n) is 3.62. The van der Waals surface area contributed by atoms with Gasteiger partial charge in [0.2, 0.25) is 0 Å². The van der Waals surface area contributed by atoms with Gasteiger partial charge in [0.25, 0.3) is 0 Å². The Morgan fingerprint density at radius 3 is 1.48 bits per heavy atom. The molecule has 0 aliphatic rings. The van der Waals surface area contributed by atoms with Gasteiger partial charge in [-0.05, 0) is 37.8 Å². The third kappa shape index (κ3) is 7.12. The molecule has 0 fully saturated rings. The second-order valence-corrected chi connectivity index (χ2v) is 5.85. The van der Waals surface area contributed by atoms with Crippen LogP contribution < -0.4 is 0 Å². The molecule has 1 heteroatoms. The van der Waals surface area contributed by atoms with E-state index in [0.717, 1.165) is 12.8 Å². The van der Waals surface area contributed by atoms with Crippen LogP contribution in [-0.2, 0) is 4.74 Å². The summed E-state index contributed by atoms with van der Waals surface area (Å²) in [5, 5.41) is 0. The van der Waals surface area contributed by atoms with Gasteiger partial charge >= 0.3 is 0 Å². The Kier molecular flexibility index (Phi) is 7.35. The van der Waals surface area contributed by atoms with E-state index in [1.54, 1.807) is 0 Å². The Balaban J connectivity index is 1.69. The monoisotopic (exact) mass is 306 g/mol. The minimum absolute atomic E-state index is 0.232. The molecule has 2 unspecified atom stereocenters. The Bertz CT molecular complexity index is 543. The van der Waals surface area contributed by atoms with Crippen molar-refractivity contribution in [3.63, 3.8) is 0 Å². The van der Waals surface area contributed by atoms with Crippen molar-refractivity contribution < 1.29 is 4.74 Å². The maximum atomic E-state index is 6.02.